The Balaban J connectivity index is 2.39. The van der Waals surface area contributed by atoms with E-state index in [2.05, 4.69) is 19.2 Å². The minimum atomic E-state index is 0.446. The third-order valence-electron chi connectivity index (χ3n) is 2.76. The van der Waals surface area contributed by atoms with Gasteiger partial charge in [0.15, 0.2) is 5.11 Å². The minimum absolute atomic E-state index is 0.446. The molecule has 1 aliphatic rings. The lowest BCUT2D eigenvalue weighted by Crippen LogP contribution is -2.44. The van der Waals surface area contributed by atoms with Crippen molar-refractivity contribution in [3.63, 3.8) is 0 Å². The Morgan fingerprint density at radius 3 is 2.58 bits per heavy atom. The topological polar surface area (TPSA) is 38.0 Å². The van der Waals surface area contributed by atoms with Crippen molar-refractivity contribution in [2.45, 2.75) is 39.2 Å². The Kier molecular flexibility index (Phi) is 3.32. The zero-order chi connectivity index (χ0) is 9.14. The van der Waals surface area contributed by atoms with Gasteiger partial charge in [0.25, 0.3) is 0 Å². The quantitative estimate of drug-likeness (QED) is 0.611. The zero-order valence-corrected chi connectivity index (χ0v) is 8.66. The normalized spacial score (nSPS) is 36.0. The van der Waals surface area contributed by atoms with E-state index < -0.39 is 0 Å². The number of hydrogen-bond donors (Lipinski definition) is 2. The second kappa shape index (κ2) is 4.08. The second-order valence-electron chi connectivity index (χ2n) is 4.01. The van der Waals surface area contributed by atoms with Crippen LogP contribution in [0.1, 0.15) is 33.1 Å². The first-order valence-corrected chi connectivity index (χ1v) is 5.06. The molecule has 0 aromatic carbocycles. The van der Waals surface area contributed by atoms with Crippen LogP contribution in [0.25, 0.3) is 0 Å². The molecule has 0 spiro atoms. The van der Waals surface area contributed by atoms with E-state index in [1.165, 1.54) is 19.3 Å². The van der Waals surface area contributed by atoms with Crippen LogP contribution in [0.5, 0.6) is 0 Å². The Bertz CT molecular complexity index is 170. The highest BCUT2D eigenvalue weighted by molar-refractivity contribution is 7.80. The molecule has 1 saturated carbocycles. The molecule has 0 radical (unpaired) electrons. The predicted molar refractivity (Wildman–Crippen MR) is 55.9 cm³/mol. The third-order valence-corrected chi connectivity index (χ3v) is 2.88. The van der Waals surface area contributed by atoms with Gasteiger partial charge in [-0.2, -0.15) is 0 Å². The highest BCUT2D eigenvalue weighted by atomic mass is 32.1. The SMILES string of the molecule is CC1CCC(NC(N)=S)C(C)C1. The van der Waals surface area contributed by atoms with Crippen LogP contribution < -0.4 is 11.1 Å². The molecule has 1 fully saturated rings. The summed E-state index contributed by atoms with van der Waals surface area (Å²) in [4.78, 5) is 0. The summed E-state index contributed by atoms with van der Waals surface area (Å²) in [5.74, 6) is 1.57. The van der Waals surface area contributed by atoms with Crippen molar-refractivity contribution < 1.29 is 0 Å². The fourth-order valence-electron chi connectivity index (χ4n) is 2.06. The monoisotopic (exact) mass is 186 g/mol. The smallest absolute Gasteiger partial charge is 0.163 e. The summed E-state index contributed by atoms with van der Waals surface area (Å²) >= 11 is 4.83. The standard InChI is InChI=1S/C9H18N2S/c1-6-3-4-8(7(2)5-6)11-9(10)12/h6-8H,3-5H2,1-2H3,(H3,10,11,12). The summed E-state index contributed by atoms with van der Waals surface area (Å²) in [7, 11) is 0. The first-order valence-electron chi connectivity index (χ1n) is 4.65. The van der Waals surface area contributed by atoms with E-state index in [0.717, 1.165) is 5.92 Å². The lowest BCUT2D eigenvalue weighted by molar-refractivity contribution is 0.248. The molecule has 0 amide bonds. The summed E-state index contributed by atoms with van der Waals surface area (Å²) in [6.07, 6.45) is 3.80. The van der Waals surface area contributed by atoms with Crippen molar-refractivity contribution in [2.24, 2.45) is 17.6 Å². The van der Waals surface area contributed by atoms with E-state index in [1.54, 1.807) is 0 Å². The molecular formula is C9H18N2S. The predicted octanol–water partition coefficient (Wildman–Crippen LogP) is 1.64. The maximum Gasteiger partial charge on any atom is 0.163 e. The van der Waals surface area contributed by atoms with Crippen LogP contribution in [-0.2, 0) is 0 Å². The fourth-order valence-corrected chi connectivity index (χ4v) is 2.21. The minimum Gasteiger partial charge on any atom is -0.376 e. The molecule has 0 saturated heterocycles. The van der Waals surface area contributed by atoms with Crippen LogP contribution in [0.15, 0.2) is 0 Å². The number of hydrogen-bond acceptors (Lipinski definition) is 1. The molecule has 1 aliphatic carbocycles. The van der Waals surface area contributed by atoms with Crippen molar-refractivity contribution in [1.82, 2.24) is 5.32 Å². The molecule has 2 nitrogen and oxygen atoms in total. The van der Waals surface area contributed by atoms with Crippen LogP contribution in [0.2, 0.25) is 0 Å². The van der Waals surface area contributed by atoms with Gasteiger partial charge in [-0.1, -0.05) is 13.8 Å². The van der Waals surface area contributed by atoms with E-state index in [9.17, 15) is 0 Å². The van der Waals surface area contributed by atoms with Gasteiger partial charge in [-0.15, -0.1) is 0 Å². The van der Waals surface area contributed by atoms with Gasteiger partial charge in [-0.25, -0.2) is 0 Å². The van der Waals surface area contributed by atoms with Gasteiger partial charge < -0.3 is 11.1 Å². The third kappa shape index (κ3) is 2.63. The molecule has 3 unspecified atom stereocenters. The van der Waals surface area contributed by atoms with Crippen molar-refractivity contribution in [3.8, 4) is 0 Å². The summed E-state index contributed by atoms with van der Waals surface area (Å²) in [6, 6.07) is 0.513. The average Bonchev–Trinajstić information content (AvgIpc) is 1.94. The molecule has 3 N–H and O–H groups in total. The van der Waals surface area contributed by atoms with Crippen LogP contribution in [0.3, 0.4) is 0 Å². The summed E-state index contributed by atoms with van der Waals surface area (Å²) < 4.78 is 0. The van der Waals surface area contributed by atoms with E-state index in [1.807, 2.05) is 0 Å². The largest absolute Gasteiger partial charge is 0.376 e. The van der Waals surface area contributed by atoms with Gasteiger partial charge in [0.2, 0.25) is 0 Å². The maximum absolute atomic E-state index is 5.44. The van der Waals surface area contributed by atoms with Crippen molar-refractivity contribution >= 4 is 17.3 Å². The fraction of sp³-hybridized carbons (Fsp3) is 0.889. The van der Waals surface area contributed by atoms with Gasteiger partial charge in [0.1, 0.15) is 0 Å². The number of thiocarbonyl (C=S) groups is 1. The Hall–Kier alpha value is -0.310. The van der Waals surface area contributed by atoms with Gasteiger partial charge in [0.05, 0.1) is 0 Å². The Morgan fingerprint density at radius 2 is 2.08 bits per heavy atom. The molecule has 3 heteroatoms. The lowest BCUT2D eigenvalue weighted by Gasteiger charge is -2.33. The maximum atomic E-state index is 5.44. The molecular weight excluding hydrogens is 168 g/mol. The van der Waals surface area contributed by atoms with Crippen LogP contribution in [0.4, 0.5) is 0 Å². The van der Waals surface area contributed by atoms with Crippen molar-refractivity contribution in [2.75, 3.05) is 0 Å². The lowest BCUT2D eigenvalue weighted by atomic mass is 9.80. The van der Waals surface area contributed by atoms with Gasteiger partial charge in [-0.3, -0.25) is 0 Å². The van der Waals surface area contributed by atoms with Crippen LogP contribution in [-0.4, -0.2) is 11.2 Å². The summed E-state index contributed by atoms with van der Waals surface area (Å²) in [5.41, 5.74) is 5.44. The molecule has 70 valence electrons. The molecule has 0 aromatic rings. The van der Waals surface area contributed by atoms with Crippen molar-refractivity contribution in [3.05, 3.63) is 0 Å². The van der Waals surface area contributed by atoms with E-state index in [-0.39, 0.29) is 0 Å². The summed E-state index contributed by atoms with van der Waals surface area (Å²) in [6.45, 7) is 4.58. The molecule has 0 heterocycles. The van der Waals surface area contributed by atoms with E-state index in [0.29, 0.717) is 17.1 Å². The number of rotatable bonds is 1. The van der Waals surface area contributed by atoms with E-state index in [4.69, 9.17) is 18.0 Å². The number of nitrogens with two attached hydrogens (primary N) is 1. The van der Waals surface area contributed by atoms with E-state index >= 15 is 0 Å². The van der Waals surface area contributed by atoms with Gasteiger partial charge in [-0.05, 0) is 43.3 Å². The first kappa shape index (κ1) is 9.78. The van der Waals surface area contributed by atoms with Gasteiger partial charge in [0, 0.05) is 6.04 Å². The molecule has 0 aliphatic heterocycles. The molecule has 3 atom stereocenters. The van der Waals surface area contributed by atoms with Crippen molar-refractivity contribution in [1.29, 1.82) is 0 Å². The average molecular weight is 186 g/mol. The molecule has 0 aromatic heterocycles. The molecule has 1 rings (SSSR count). The van der Waals surface area contributed by atoms with Crippen LogP contribution in [0, 0.1) is 11.8 Å². The highest BCUT2D eigenvalue weighted by Crippen LogP contribution is 2.28. The van der Waals surface area contributed by atoms with Crippen LogP contribution >= 0.6 is 12.2 Å². The molecule has 0 bridgehead atoms. The Labute approximate surface area is 79.9 Å². The highest BCUT2D eigenvalue weighted by Gasteiger charge is 2.24. The van der Waals surface area contributed by atoms with Gasteiger partial charge >= 0.3 is 0 Å². The second-order valence-corrected chi connectivity index (χ2v) is 4.45. The Morgan fingerprint density at radius 1 is 1.42 bits per heavy atom. The number of nitrogens with one attached hydrogen (secondary N) is 1. The zero-order valence-electron chi connectivity index (χ0n) is 7.84. The molecule has 12 heavy (non-hydrogen) atoms. The summed E-state index contributed by atoms with van der Waals surface area (Å²) in [5, 5.41) is 3.61. The first-order chi connectivity index (χ1) is 5.59.